The molecule has 0 radical (unpaired) electrons. The Labute approximate surface area is 104 Å². The number of carbonyl (C=O) groups excluding carboxylic acids is 1. The maximum absolute atomic E-state index is 10.7. The van der Waals surface area contributed by atoms with Gasteiger partial charge in [0.15, 0.2) is 11.7 Å². The largest absolute Gasteiger partial charge is 0.370 e. The molecule has 100 valence electrons. The standard InChI is InChI=1S/C6H13N3.C6H13NO/c7-6(8)9-4-2-1-3-5-9;1-6(2,3)5(8)4-7/h1-5H2,(H3,7,8);4,7H2,1-3H3. The topological polar surface area (TPSA) is 96.2 Å². The van der Waals surface area contributed by atoms with Gasteiger partial charge >= 0.3 is 0 Å². The average Bonchev–Trinajstić information content (AvgIpc) is 2.28. The zero-order valence-corrected chi connectivity index (χ0v) is 11.3. The Bertz CT molecular complexity index is 252. The third-order valence-electron chi connectivity index (χ3n) is 2.72. The lowest BCUT2D eigenvalue weighted by Gasteiger charge is -2.26. The first kappa shape index (κ1) is 15.9. The first-order valence-corrected chi connectivity index (χ1v) is 6.11. The monoisotopic (exact) mass is 242 g/mol. The van der Waals surface area contributed by atoms with Gasteiger partial charge in [-0.1, -0.05) is 20.8 Å². The number of hydrogen-bond acceptors (Lipinski definition) is 3. The molecule has 0 atom stereocenters. The number of hydrogen-bond donors (Lipinski definition) is 3. The summed E-state index contributed by atoms with van der Waals surface area (Å²) in [4.78, 5) is 12.6. The molecule has 5 nitrogen and oxygen atoms in total. The summed E-state index contributed by atoms with van der Waals surface area (Å²) in [5.74, 6) is 0.340. The molecule has 1 saturated heterocycles. The van der Waals surface area contributed by atoms with E-state index in [9.17, 15) is 4.79 Å². The maximum Gasteiger partial charge on any atom is 0.188 e. The van der Waals surface area contributed by atoms with Crippen LogP contribution in [0.15, 0.2) is 0 Å². The van der Waals surface area contributed by atoms with E-state index < -0.39 is 0 Å². The minimum absolute atomic E-state index is 0.109. The van der Waals surface area contributed by atoms with E-state index in [0.717, 1.165) is 13.1 Å². The van der Waals surface area contributed by atoms with Crippen molar-refractivity contribution in [1.29, 1.82) is 5.41 Å². The normalized spacial score (nSPS) is 15.9. The Morgan fingerprint density at radius 3 is 1.88 bits per heavy atom. The number of guanidine groups is 1. The summed E-state index contributed by atoms with van der Waals surface area (Å²) >= 11 is 0. The maximum atomic E-state index is 10.7. The van der Waals surface area contributed by atoms with Crippen molar-refractivity contribution in [3.8, 4) is 0 Å². The van der Waals surface area contributed by atoms with Crippen molar-refractivity contribution < 1.29 is 4.79 Å². The number of Topliss-reactive ketones (excluding diaryl/α,β-unsaturated/α-hetero) is 1. The molecule has 0 spiro atoms. The van der Waals surface area contributed by atoms with Crippen molar-refractivity contribution in [1.82, 2.24) is 4.90 Å². The first-order chi connectivity index (χ1) is 7.79. The lowest BCUT2D eigenvalue weighted by atomic mass is 9.91. The van der Waals surface area contributed by atoms with E-state index in [-0.39, 0.29) is 23.7 Å². The summed E-state index contributed by atoms with van der Waals surface area (Å²) in [5.41, 5.74) is 10.1. The predicted molar refractivity (Wildman–Crippen MR) is 70.9 cm³/mol. The van der Waals surface area contributed by atoms with Gasteiger partial charge in [0.25, 0.3) is 0 Å². The van der Waals surface area contributed by atoms with Crippen LogP contribution >= 0.6 is 0 Å². The molecule has 17 heavy (non-hydrogen) atoms. The van der Waals surface area contributed by atoms with Crippen molar-refractivity contribution in [3.05, 3.63) is 0 Å². The summed E-state index contributed by atoms with van der Waals surface area (Å²) in [7, 11) is 0. The van der Waals surface area contributed by atoms with Crippen LogP contribution in [0.25, 0.3) is 0 Å². The Balaban J connectivity index is 0.000000304. The number of carbonyl (C=O) groups is 1. The molecule has 0 aliphatic carbocycles. The van der Waals surface area contributed by atoms with E-state index in [1.165, 1.54) is 19.3 Å². The van der Waals surface area contributed by atoms with Gasteiger partial charge in [0, 0.05) is 18.5 Å². The van der Waals surface area contributed by atoms with Crippen LogP contribution in [-0.2, 0) is 4.79 Å². The molecule has 0 aromatic rings. The molecule has 1 aliphatic heterocycles. The highest BCUT2D eigenvalue weighted by Crippen LogP contribution is 2.12. The predicted octanol–water partition coefficient (Wildman–Crippen LogP) is 0.926. The quantitative estimate of drug-likeness (QED) is 0.470. The molecular formula is C12H26N4O. The Hall–Kier alpha value is -1.10. The summed E-state index contributed by atoms with van der Waals surface area (Å²) in [6, 6.07) is 0. The number of likely N-dealkylation sites (tertiary alicyclic amines) is 1. The number of nitrogens with zero attached hydrogens (tertiary/aromatic N) is 1. The number of nitrogens with one attached hydrogen (secondary N) is 1. The minimum Gasteiger partial charge on any atom is -0.370 e. The number of piperidine rings is 1. The zero-order chi connectivity index (χ0) is 13.5. The Morgan fingerprint density at radius 2 is 1.71 bits per heavy atom. The number of rotatable bonds is 1. The third kappa shape index (κ3) is 6.94. The summed E-state index contributed by atoms with van der Waals surface area (Å²) in [5, 5.41) is 7.09. The van der Waals surface area contributed by atoms with Crippen LogP contribution < -0.4 is 11.5 Å². The van der Waals surface area contributed by atoms with Crippen LogP contribution in [0, 0.1) is 10.8 Å². The molecule has 1 heterocycles. The van der Waals surface area contributed by atoms with Crippen LogP contribution in [0.4, 0.5) is 0 Å². The van der Waals surface area contributed by atoms with E-state index in [2.05, 4.69) is 0 Å². The smallest absolute Gasteiger partial charge is 0.188 e. The van der Waals surface area contributed by atoms with Crippen LogP contribution in [0.2, 0.25) is 0 Å². The van der Waals surface area contributed by atoms with Gasteiger partial charge in [0.1, 0.15) is 0 Å². The lowest BCUT2D eigenvalue weighted by Crippen LogP contribution is -2.39. The van der Waals surface area contributed by atoms with Gasteiger partial charge < -0.3 is 16.4 Å². The third-order valence-corrected chi connectivity index (χ3v) is 2.72. The molecule has 5 N–H and O–H groups in total. The van der Waals surface area contributed by atoms with Crippen molar-refractivity contribution in [2.45, 2.75) is 40.0 Å². The second-order valence-electron chi connectivity index (χ2n) is 5.31. The van der Waals surface area contributed by atoms with Crippen LogP contribution in [0.1, 0.15) is 40.0 Å². The molecule has 0 saturated carbocycles. The molecular weight excluding hydrogens is 216 g/mol. The van der Waals surface area contributed by atoms with Gasteiger partial charge in [-0.05, 0) is 19.3 Å². The number of nitrogens with two attached hydrogens (primary N) is 2. The van der Waals surface area contributed by atoms with Crippen molar-refractivity contribution in [2.24, 2.45) is 16.9 Å². The SMILES string of the molecule is CC(C)(C)C(=O)CN.N=C(N)N1CCCCC1. The van der Waals surface area contributed by atoms with E-state index in [0.29, 0.717) is 0 Å². The van der Waals surface area contributed by atoms with Gasteiger partial charge in [-0.2, -0.15) is 0 Å². The van der Waals surface area contributed by atoms with Gasteiger partial charge in [-0.25, -0.2) is 0 Å². The average molecular weight is 242 g/mol. The second kappa shape index (κ2) is 7.27. The highest BCUT2D eigenvalue weighted by molar-refractivity contribution is 5.85. The van der Waals surface area contributed by atoms with Crippen LogP contribution in [0.3, 0.4) is 0 Å². The molecule has 1 aliphatic rings. The fourth-order valence-corrected chi connectivity index (χ4v) is 1.44. The summed E-state index contributed by atoms with van der Waals surface area (Å²) in [6.07, 6.45) is 3.68. The van der Waals surface area contributed by atoms with Gasteiger partial charge in [0.2, 0.25) is 0 Å². The van der Waals surface area contributed by atoms with E-state index >= 15 is 0 Å². The van der Waals surface area contributed by atoms with Crippen molar-refractivity contribution in [2.75, 3.05) is 19.6 Å². The highest BCUT2D eigenvalue weighted by Gasteiger charge is 2.18. The van der Waals surface area contributed by atoms with E-state index in [1.807, 2.05) is 25.7 Å². The molecule has 0 aromatic heterocycles. The van der Waals surface area contributed by atoms with Gasteiger partial charge in [-0.15, -0.1) is 0 Å². The summed E-state index contributed by atoms with van der Waals surface area (Å²) in [6.45, 7) is 7.71. The molecule has 1 fully saturated rings. The van der Waals surface area contributed by atoms with E-state index in [1.54, 1.807) is 0 Å². The van der Waals surface area contributed by atoms with Crippen LogP contribution in [-0.4, -0.2) is 36.3 Å². The molecule has 0 bridgehead atoms. The minimum atomic E-state index is -0.255. The van der Waals surface area contributed by atoms with Crippen molar-refractivity contribution in [3.63, 3.8) is 0 Å². The van der Waals surface area contributed by atoms with Crippen molar-refractivity contribution >= 4 is 11.7 Å². The van der Waals surface area contributed by atoms with Gasteiger partial charge in [0.05, 0.1) is 6.54 Å². The molecule has 0 amide bonds. The highest BCUT2D eigenvalue weighted by atomic mass is 16.1. The Kier molecular flexibility index (Phi) is 6.80. The first-order valence-electron chi connectivity index (χ1n) is 6.11. The fourth-order valence-electron chi connectivity index (χ4n) is 1.44. The molecule has 0 aromatic carbocycles. The van der Waals surface area contributed by atoms with E-state index in [4.69, 9.17) is 16.9 Å². The van der Waals surface area contributed by atoms with Gasteiger partial charge in [-0.3, -0.25) is 10.2 Å². The summed E-state index contributed by atoms with van der Waals surface area (Å²) < 4.78 is 0. The Morgan fingerprint density at radius 1 is 1.24 bits per heavy atom. The molecule has 1 rings (SSSR count). The molecule has 0 unspecified atom stereocenters. The van der Waals surface area contributed by atoms with Crippen LogP contribution in [0.5, 0.6) is 0 Å². The fraction of sp³-hybridized carbons (Fsp3) is 0.833. The lowest BCUT2D eigenvalue weighted by molar-refractivity contribution is -0.124. The second-order valence-corrected chi connectivity index (χ2v) is 5.31. The zero-order valence-electron chi connectivity index (χ0n) is 11.3. The number of ketones is 1. The molecule has 5 heteroatoms.